The zero-order valence-corrected chi connectivity index (χ0v) is 12.4. The first kappa shape index (κ1) is 36.0. The van der Waals surface area contributed by atoms with Crippen LogP contribution in [0.4, 0.5) is 0 Å². The fourth-order valence-electron chi connectivity index (χ4n) is 0. The predicted molar refractivity (Wildman–Crippen MR) is 61.8 cm³/mol. The van der Waals surface area contributed by atoms with Crippen molar-refractivity contribution in [1.82, 2.24) is 0 Å². The molecular formula is C8H18MgO8Zr. The maximum Gasteiger partial charge on any atom is 0.316 e. The van der Waals surface area contributed by atoms with Gasteiger partial charge in [0.05, 0.1) is 0 Å². The number of carboxylic acid groups (broad SMARTS) is 4. The van der Waals surface area contributed by atoms with Crippen LogP contribution in [0.2, 0.25) is 0 Å². The monoisotopic (exact) mass is 356 g/mol. The molecule has 0 atom stereocenters. The van der Waals surface area contributed by atoms with Crippen LogP contribution in [0.25, 0.3) is 0 Å². The fourth-order valence-corrected chi connectivity index (χ4v) is 0. The number of aliphatic carboxylic acids is 4. The van der Waals surface area contributed by atoms with Gasteiger partial charge in [0.15, 0.2) is 0 Å². The van der Waals surface area contributed by atoms with E-state index in [1.807, 2.05) is 0 Å². The Labute approximate surface area is 140 Å². The topological polar surface area (TPSA) is 149 Å². The minimum Gasteiger partial charge on any atom is -0.481 e. The first-order valence-corrected chi connectivity index (χ1v) is 3.71. The summed E-state index contributed by atoms with van der Waals surface area (Å²) in [6.07, 6.45) is 0. The fraction of sp³-hybridized carbons (Fsp3) is 0.500. The zero-order chi connectivity index (χ0) is 14.3. The molecule has 0 aliphatic heterocycles. The Morgan fingerprint density at radius 2 is 0.556 bits per heavy atom. The smallest absolute Gasteiger partial charge is 0.316 e. The van der Waals surface area contributed by atoms with E-state index in [0.717, 1.165) is 27.7 Å². The largest absolute Gasteiger partial charge is 0.481 e. The first-order valence-electron chi connectivity index (χ1n) is 3.71. The van der Waals surface area contributed by atoms with Crippen molar-refractivity contribution in [2.45, 2.75) is 27.7 Å². The molecule has 0 bridgehead atoms. The Morgan fingerprint density at radius 1 is 0.556 bits per heavy atom. The average molecular weight is 358 g/mol. The van der Waals surface area contributed by atoms with E-state index in [1.165, 1.54) is 0 Å². The van der Waals surface area contributed by atoms with Crippen LogP contribution in [-0.4, -0.2) is 67.4 Å². The molecule has 0 aliphatic carbocycles. The van der Waals surface area contributed by atoms with Crippen LogP contribution in [0.1, 0.15) is 27.7 Å². The molecule has 104 valence electrons. The minimum atomic E-state index is -0.833. The third kappa shape index (κ3) is 14800. The molecule has 0 rings (SSSR count). The van der Waals surface area contributed by atoms with E-state index in [4.69, 9.17) is 39.6 Å². The minimum absolute atomic E-state index is 0. The molecule has 0 heterocycles. The van der Waals surface area contributed by atoms with E-state index < -0.39 is 23.9 Å². The molecule has 10 heteroatoms. The van der Waals surface area contributed by atoms with Gasteiger partial charge in [-0.2, -0.15) is 0 Å². The van der Waals surface area contributed by atoms with Crippen molar-refractivity contribution in [1.29, 1.82) is 0 Å². The van der Waals surface area contributed by atoms with Gasteiger partial charge in [-0.25, -0.2) is 0 Å². The molecular weight excluding hydrogens is 340 g/mol. The first-order chi connectivity index (χ1) is 6.93. The molecule has 18 heavy (non-hydrogen) atoms. The Morgan fingerprint density at radius 3 is 0.556 bits per heavy atom. The Kier molecular flexibility index (Phi) is 60.0. The van der Waals surface area contributed by atoms with Gasteiger partial charge in [0.25, 0.3) is 23.9 Å². The van der Waals surface area contributed by atoms with E-state index in [9.17, 15) is 0 Å². The maximum absolute atomic E-state index is 9.00. The van der Waals surface area contributed by atoms with Crippen LogP contribution in [0, 0.1) is 0 Å². The van der Waals surface area contributed by atoms with Gasteiger partial charge in [-0.15, -0.1) is 0 Å². The quantitative estimate of drug-likeness (QED) is 0.422. The molecule has 8 nitrogen and oxygen atoms in total. The molecule has 0 aromatic heterocycles. The standard InChI is InChI=1S/4C2H4O2.Mg.Zr.2H/c4*1-2(3)4;;;;/h4*1H3,(H,3,4);;;;. The molecule has 0 aliphatic rings. The van der Waals surface area contributed by atoms with Crippen molar-refractivity contribution >= 4 is 46.9 Å². The van der Waals surface area contributed by atoms with Crippen molar-refractivity contribution in [3.05, 3.63) is 0 Å². The zero-order valence-electron chi connectivity index (χ0n) is 9.92. The molecule has 0 saturated carbocycles. The summed E-state index contributed by atoms with van der Waals surface area (Å²) in [7, 11) is 0. The molecule has 0 amide bonds. The number of carboxylic acids is 4. The summed E-state index contributed by atoms with van der Waals surface area (Å²) >= 11 is 0. The van der Waals surface area contributed by atoms with Crippen molar-refractivity contribution in [3.8, 4) is 0 Å². The Bertz CT molecular complexity index is 167. The van der Waals surface area contributed by atoms with Crippen molar-refractivity contribution in [3.63, 3.8) is 0 Å². The summed E-state index contributed by atoms with van der Waals surface area (Å²) in [5.74, 6) is -3.33. The van der Waals surface area contributed by atoms with E-state index in [2.05, 4.69) is 0 Å². The van der Waals surface area contributed by atoms with Crippen LogP contribution in [0.15, 0.2) is 0 Å². The van der Waals surface area contributed by atoms with Gasteiger partial charge in [0.1, 0.15) is 0 Å². The molecule has 4 N–H and O–H groups in total. The van der Waals surface area contributed by atoms with Crippen LogP contribution in [0.5, 0.6) is 0 Å². The van der Waals surface area contributed by atoms with Gasteiger partial charge in [-0.3, -0.25) is 19.2 Å². The van der Waals surface area contributed by atoms with Crippen molar-refractivity contribution in [2.75, 3.05) is 0 Å². The molecule has 0 spiro atoms. The summed E-state index contributed by atoms with van der Waals surface area (Å²) in [5, 5.41) is 29.7. The molecule has 0 unspecified atom stereocenters. The van der Waals surface area contributed by atoms with Gasteiger partial charge >= 0.3 is 23.1 Å². The maximum atomic E-state index is 9.00. The number of hydrogen-bond acceptors (Lipinski definition) is 4. The second-order valence-electron chi connectivity index (χ2n) is 2.08. The second kappa shape index (κ2) is 30.0. The molecule has 0 aromatic rings. The SMILES string of the molecule is CC(=O)O.CC(=O)O.CC(=O)O.CC(=O)O.[MgH2].[Zr]. The van der Waals surface area contributed by atoms with E-state index in [-0.39, 0.29) is 49.3 Å². The van der Waals surface area contributed by atoms with Gasteiger partial charge in [0.2, 0.25) is 0 Å². The Balaban J connectivity index is -0.0000000257. The van der Waals surface area contributed by atoms with Crippen molar-refractivity contribution in [2.24, 2.45) is 0 Å². The van der Waals surface area contributed by atoms with E-state index in [1.54, 1.807) is 0 Å². The molecule has 0 fully saturated rings. The van der Waals surface area contributed by atoms with E-state index in [0.29, 0.717) is 0 Å². The normalized spacial score (nSPS) is 5.56. The molecule has 0 radical (unpaired) electrons. The number of rotatable bonds is 0. The average Bonchev–Trinajstić information content (AvgIpc) is 1.76. The van der Waals surface area contributed by atoms with Gasteiger partial charge < -0.3 is 20.4 Å². The second-order valence-corrected chi connectivity index (χ2v) is 2.08. The van der Waals surface area contributed by atoms with Crippen molar-refractivity contribution < 1.29 is 65.8 Å². The van der Waals surface area contributed by atoms with E-state index >= 15 is 0 Å². The molecule has 0 saturated heterocycles. The summed E-state index contributed by atoms with van der Waals surface area (Å²) in [6.45, 7) is 4.33. The summed E-state index contributed by atoms with van der Waals surface area (Å²) in [4.78, 5) is 36.0. The van der Waals surface area contributed by atoms with Gasteiger partial charge in [0, 0.05) is 53.9 Å². The summed E-state index contributed by atoms with van der Waals surface area (Å²) in [6, 6.07) is 0. The predicted octanol–water partition coefficient (Wildman–Crippen LogP) is -0.555. The summed E-state index contributed by atoms with van der Waals surface area (Å²) < 4.78 is 0. The van der Waals surface area contributed by atoms with Gasteiger partial charge in [-0.05, 0) is 0 Å². The molecule has 0 aromatic carbocycles. The van der Waals surface area contributed by atoms with Crippen LogP contribution < -0.4 is 0 Å². The van der Waals surface area contributed by atoms with Crippen LogP contribution in [0.3, 0.4) is 0 Å². The van der Waals surface area contributed by atoms with Crippen LogP contribution in [-0.2, 0) is 45.4 Å². The summed E-state index contributed by atoms with van der Waals surface area (Å²) in [5.41, 5.74) is 0. The third-order valence-electron chi connectivity index (χ3n) is 0. The number of carbonyl (C=O) groups is 4. The van der Waals surface area contributed by atoms with Gasteiger partial charge in [-0.1, -0.05) is 0 Å². The van der Waals surface area contributed by atoms with Crippen LogP contribution >= 0.6 is 0 Å². The third-order valence-corrected chi connectivity index (χ3v) is 0. The Hall–Kier alpha value is -0.471. The number of hydrogen-bond donors (Lipinski definition) is 4.